The molecule has 0 bridgehead atoms. The number of carbonyl (C=O) groups excluding carboxylic acids is 1. The number of amides is 1. The van der Waals surface area contributed by atoms with Gasteiger partial charge in [-0.05, 0) is 19.2 Å². The summed E-state index contributed by atoms with van der Waals surface area (Å²) in [4.78, 5) is 14.1. The Kier molecular flexibility index (Phi) is 10.9. The van der Waals surface area contributed by atoms with Gasteiger partial charge in [-0.1, -0.05) is 6.92 Å². The summed E-state index contributed by atoms with van der Waals surface area (Å²) in [5, 5.41) is 6.35. The predicted molar refractivity (Wildman–Crippen MR) is 81.7 cm³/mol. The van der Waals surface area contributed by atoms with Crippen molar-refractivity contribution < 1.29 is 4.79 Å². The molecule has 1 unspecified atom stereocenters. The maximum atomic E-state index is 11.6. The average Bonchev–Trinajstić information content (AvgIpc) is 2.36. The van der Waals surface area contributed by atoms with Crippen molar-refractivity contribution in [2.75, 3.05) is 51.3 Å². The lowest BCUT2D eigenvalue weighted by Crippen LogP contribution is -2.44. The highest BCUT2D eigenvalue weighted by Gasteiger charge is 2.12. The first kappa shape index (κ1) is 18.0. The Bertz CT molecular complexity index is 225. The lowest BCUT2D eigenvalue weighted by Gasteiger charge is -2.27. The Morgan fingerprint density at radius 1 is 1.44 bits per heavy atom. The number of piperazine rings is 1. The molecule has 1 rings (SSSR count). The number of nitrogens with one attached hydrogen (secondary N) is 2. The second kappa shape index (κ2) is 10.9. The summed E-state index contributed by atoms with van der Waals surface area (Å²) in [6.45, 7) is 8.35. The molecular formula is C12H26ClN3OS. The molecule has 108 valence electrons. The van der Waals surface area contributed by atoms with Gasteiger partial charge in [-0.15, -0.1) is 12.4 Å². The molecule has 0 radical (unpaired) electrons. The van der Waals surface area contributed by atoms with E-state index in [1.54, 1.807) is 11.8 Å². The van der Waals surface area contributed by atoms with Crippen LogP contribution in [0.3, 0.4) is 0 Å². The van der Waals surface area contributed by atoms with E-state index in [2.05, 4.69) is 15.5 Å². The Morgan fingerprint density at radius 2 is 2.11 bits per heavy atom. The molecule has 0 spiro atoms. The van der Waals surface area contributed by atoms with Crippen LogP contribution < -0.4 is 10.6 Å². The topological polar surface area (TPSA) is 44.4 Å². The summed E-state index contributed by atoms with van der Waals surface area (Å²) in [5.74, 6) is 1.23. The maximum Gasteiger partial charge on any atom is 0.223 e. The van der Waals surface area contributed by atoms with E-state index >= 15 is 0 Å². The van der Waals surface area contributed by atoms with E-state index in [9.17, 15) is 4.79 Å². The lowest BCUT2D eigenvalue weighted by molar-refractivity contribution is -0.123. The van der Waals surface area contributed by atoms with Crippen LogP contribution in [-0.2, 0) is 4.79 Å². The minimum absolute atomic E-state index is 0. The highest BCUT2D eigenvalue weighted by molar-refractivity contribution is 7.98. The number of halogens is 1. The molecule has 1 saturated heterocycles. The van der Waals surface area contributed by atoms with Gasteiger partial charge >= 0.3 is 0 Å². The van der Waals surface area contributed by atoms with Crippen molar-refractivity contribution in [3.8, 4) is 0 Å². The zero-order valence-electron chi connectivity index (χ0n) is 11.4. The maximum absolute atomic E-state index is 11.6. The monoisotopic (exact) mass is 295 g/mol. The van der Waals surface area contributed by atoms with Crippen LogP contribution in [0, 0.1) is 5.92 Å². The summed E-state index contributed by atoms with van der Waals surface area (Å²) in [5.41, 5.74) is 0. The van der Waals surface area contributed by atoms with E-state index < -0.39 is 0 Å². The molecule has 6 heteroatoms. The molecule has 4 nitrogen and oxygen atoms in total. The van der Waals surface area contributed by atoms with Gasteiger partial charge in [-0.25, -0.2) is 0 Å². The first-order valence-corrected chi connectivity index (χ1v) is 7.83. The highest BCUT2D eigenvalue weighted by atomic mass is 35.5. The average molecular weight is 296 g/mol. The number of carbonyl (C=O) groups is 1. The predicted octanol–water partition coefficient (Wildman–Crippen LogP) is 0.819. The van der Waals surface area contributed by atoms with Crippen LogP contribution in [0.1, 0.15) is 13.3 Å². The van der Waals surface area contributed by atoms with E-state index in [1.165, 1.54) is 0 Å². The summed E-state index contributed by atoms with van der Waals surface area (Å²) < 4.78 is 0. The van der Waals surface area contributed by atoms with Crippen LogP contribution in [0.25, 0.3) is 0 Å². The summed E-state index contributed by atoms with van der Waals surface area (Å²) >= 11 is 1.72. The Labute approximate surface area is 121 Å². The van der Waals surface area contributed by atoms with Crippen molar-refractivity contribution in [3.05, 3.63) is 0 Å². The van der Waals surface area contributed by atoms with E-state index in [-0.39, 0.29) is 24.2 Å². The van der Waals surface area contributed by atoms with Crippen LogP contribution in [-0.4, -0.2) is 62.1 Å². The van der Waals surface area contributed by atoms with Gasteiger partial charge in [0.15, 0.2) is 0 Å². The number of nitrogens with zero attached hydrogens (tertiary/aromatic N) is 1. The number of thioether (sulfide) groups is 1. The quantitative estimate of drug-likeness (QED) is 0.683. The van der Waals surface area contributed by atoms with Gasteiger partial charge in [0.2, 0.25) is 5.91 Å². The van der Waals surface area contributed by atoms with E-state index in [1.807, 2.05) is 13.2 Å². The fourth-order valence-electron chi connectivity index (χ4n) is 1.95. The molecule has 0 saturated carbocycles. The number of rotatable bonds is 7. The van der Waals surface area contributed by atoms with Gasteiger partial charge in [0, 0.05) is 44.4 Å². The largest absolute Gasteiger partial charge is 0.356 e. The molecule has 1 amide bonds. The van der Waals surface area contributed by atoms with Crippen molar-refractivity contribution in [3.63, 3.8) is 0 Å². The third-order valence-electron chi connectivity index (χ3n) is 3.02. The highest BCUT2D eigenvalue weighted by Crippen LogP contribution is 2.04. The smallest absolute Gasteiger partial charge is 0.223 e. The van der Waals surface area contributed by atoms with Gasteiger partial charge in [-0.3, -0.25) is 4.79 Å². The fourth-order valence-corrected chi connectivity index (χ4v) is 2.60. The molecule has 18 heavy (non-hydrogen) atoms. The molecule has 0 aliphatic carbocycles. The molecular weight excluding hydrogens is 270 g/mol. The molecule has 2 N–H and O–H groups in total. The molecule has 1 fully saturated rings. The van der Waals surface area contributed by atoms with Crippen LogP contribution in [0.5, 0.6) is 0 Å². The van der Waals surface area contributed by atoms with Crippen molar-refractivity contribution >= 4 is 30.1 Å². The minimum atomic E-state index is 0. The Balaban J connectivity index is 0.00000289. The lowest BCUT2D eigenvalue weighted by atomic mass is 10.2. The SMILES string of the molecule is CSCC(C)C(=O)NCCCN1CCNCC1.Cl. The molecule has 1 aliphatic rings. The summed E-state index contributed by atoms with van der Waals surface area (Å²) in [6, 6.07) is 0. The number of hydrogen-bond donors (Lipinski definition) is 2. The molecule has 1 atom stereocenters. The van der Waals surface area contributed by atoms with Crippen LogP contribution in [0.4, 0.5) is 0 Å². The third kappa shape index (κ3) is 7.46. The van der Waals surface area contributed by atoms with Crippen LogP contribution in [0.15, 0.2) is 0 Å². The first-order valence-electron chi connectivity index (χ1n) is 6.43. The molecule has 0 aromatic heterocycles. The van der Waals surface area contributed by atoms with E-state index in [4.69, 9.17) is 0 Å². The first-order chi connectivity index (χ1) is 8.24. The van der Waals surface area contributed by atoms with Crippen LogP contribution in [0.2, 0.25) is 0 Å². The van der Waals surface area contributed by atoms with Gasteiger partial charge < -0.3 is 15.5 Å². The van der Waals surface area contributed by atoms with Crippen molar-refractivity contribution in [2.45, 2.75) is 13.3 Å². The van der Waals surface area contributed by atoms with Gasteiger partial charge in [-0.2, -0.15) is 11.8 Å². The van der Waals surface area contributed by atoms with Gasteiger partial charge in [0.25, 0.3) is 0 Å². The van der Waals surface area contributed by atoms with Crippen LogP contribution >= 0.6 is 24.2 Å². The van der Waals surface area contributed by atoms with Crippen molar-refractivity contribution in [1.29, 1.82) is 0 Å². The number of hydrogen-bond acceptors (Lipinski definition) is 4. The Morgan fingerprint density at radius 3 is 2.72 bits per heavy atom. The van der Waals surface area contributed by atoms with E-state index in [0.29, 0.717) is 0 Å². The summed E-state index contributed by atoms with van der Waals surface area (Å²) in [7, 11) is 0. The van der Waals surface area contributed by atoms with Crippen molar-refractivity contribution in [2.24, 2.45) is 5.92 Å². The normalized spacial score (nSPS) is 17.9. The second-order valence-electron chi connectivity index (χ2n) is 4.59. The molecule has 0 aromatic carbocycles. The molecule has 0 aromatic rings. The minimum Gasteiger partial charge on any atom is -0.356 e. The fraction of sp³-hybridized carbons (Fsp3) is 0.917. The zero-order valence-corrected chi connectivity index (χ0v) is 13.0. The zero-order chi connectivity index (χ0) is 12.5. The van der Waals surface area contributed by atoms with Crippen molar-refractivity contribution in [1.82, 2.24) is 15.5 Å². The van der Waals surface area contributed by atoms with E-state index in [0.717, 1.165) is 51.4 Å². The van der Waals surface area contributed by atoms with Gasteiger partial charge in [0.1, 0.15) is 0 Å². The summed E-state index contributed by atoms with van der Waals surface area (Å²) in [6.07, 6.45) is 3.09. The second-order valence-corrected chi connectivity index (χ2v) is 5.50. The molecule has 1 heterocycles. The standard InChI is InChI=1S/C12H25N3OS.ClH/c1-11(10-17-2)12(16)14-4-3-7-15-8-5-13-6-9-15;/h11,13H,3-10H2,1-2H3,(H,14,16);1H. The van der Waals surface area contributed by atoms with Gasteiger partial charge in [0.05, 0.1) is 0 Å². The third-order valence-corrected chi connectivity index (χ3v) is 3.86. The molecule has 1 aliphatic heterocycles. The Hall–Kier alpha value is 0.0300.